The van der Waals surface area contributed by atoms with E-state index in [9.17, 15) is 9.00 Å². The molecule has 0 fully saturated rings. The number of nitrogens with one attached hydrogen (secondary N) is 1. The van der Waals surface area contributed by atoms with E-state index < -0.39 is 10.8 Å². The van der Waals surface area contributed by atoms with E-state index in [0.29, 0.717) is 0 Å². The fraction of sp³-hybridized carbons (Fsp3) is 0.296. The highest BCUT2D eigenvalue weighted by atomic mass is 32.2. The zero-order chi connectivity index (χ0) is 23.4. The molecular formula is C27H30N2O3S. The minimum atomic E-state index is -1.36. The highest BCUT2D eigenvalue weighted by Gasteiger charge is 2.32. The minimum absolute atomic E-state index is 0.109. The van der Waals surface area contributed by atoms with E-state index in [1.165, 1.54) is 18.2 Å². The summed E-state index contributed by atoms with van der Waals surface area (Å²) in [6.07, 6.45) is 1.03. The molecule has 172 valence electrons. The van der Waals surface area contributed by atoms with Crippen molar-refractivity contribution in [2.24, 2.45) is 0 Å². The van der Waals surface area contributed by atoms with E-state index in [2.05, 4.69) is 48.3 Å². The second-order valence-corrected chi connectivity index (χ2v) is 9.69. The van der Waals surface area contributed by atoms with Crippen LogP contribution in [0.5, 0.6) is 0 Å². The number of aryl methyl sites for hydroxylation is 1. The second kappa shape index (κ2) is 10.3. The Balaban J connectivity index is 1.61. The topological polar surface area (TPSA) is 58.6 Å². The molecule has 0 radical (unpaired) electrons. The SMILES string of the molecule is COC(=O)Cc1cccc2c1S(=O)c1ccc(C)c(C)c1N2CCCNCc1ccccc1. The molecule has 0 saturated carbocycles. The van der Waals surface area contributed by atoms with E-state index in [-0.39, 0.29) is 12.4 Å². The molecule has 1 aliphatic rings. The van der Waals surface area contributed by atoms with Crippen LogP contribution in [0.3, 0.4) is 0 Å². The van der Waals surface area contributed by atoms with Crippen molar-refractivity contribution in [3.8, 4) is 0 Å². The van der Waals surface area contributed by atoms with Crippen molar-refractivity contribution in [3.63, 3.8) is 0 Å². The third-order valence-corrected chi connectivity index (χ3v) is 7.73. The normalized spacial score (nSPS) is 14.5. The average molecular weight is 463 g/mol. The number of rotatable bonds is 8. The van der Waals surface area contributed by atoms with Gasteiger partial charge in [-0.25, -0.2) is 4.21 Å². The van der Waals surface area contributed by atoms with Gasteiger partial charge in [-0.1, -0.05) is 48.5 Å². The molecule has 0 aromatic heterocycles. The van der Waals surface area contributed by atoms with Crippen LogP contribution in [-0.2, 0) is 33.3 Å². The van der Waals surface area contributed by atoms with Gasteiger partial charge in [0.25, 0.3) is 0 Å². The lowest BCUT2D eigenvalue weighted by molar-refractivity contribution is -0.139. The van der Waals surface area contributed by atoms with E-state index in [4.69, 9.17) is 4.74 Å². The Bertz CT molecular complexity index is 1180. The zero-order valence-electron chi connectivity index (χ0n) is 19.4. The number of nitrogens with zero attached hydrogens (tertiary/aromatic N) is 1. The van der Waals surface area contributed by atoms with Crippen molar-refractivity contribution in [2.75, 3.05) is 25.1 Å². The predicted octanol–water partition coefficient (Wildman–Crippen LogP) is 4.82. The predicted molar refractivity (Wildman–Crippen MR) is 133 cm³/mol. The number of carbonyl (C=O) groups is 1. The monoisotopic (exact) mass is 462 g/mol. The van der Waals surface area contributed by atoms with Crippen LogP contribution in [-0.4, -0.2) is 30.4 Å². The van der Waals surface area contributed by atoms with Crippen molar-refractivity contribution in [1.29, 1.82) is 0 Å². The maximum absolute atomic E-state index is 13.7. The van der Waals surface area contributed by atoms with Gasteiger partial charge in [0.2, 0.25) is 0 Å². The first-order chi connectivity index (χ1) is 16.0. The Morgan fingerprint density at radius 3 is 2.58 bits per heavy atom. The number of anilines is 2. The van der Waals surface area contributed by atoms with Gasteiger partial charge in [0.15, 0.2) is 0 Å². The highest BCUT2D eigenvalue weighted by molar-refractivity contribution is 7.85. The van der Waals surface area contributed by atoms with Gasteiger partial charge in [-0.05, 0) is 61.2 Å². The molecule has 3 aromatic rings. The number of hydrogen-bond donors (Lipinski definition) is 1. The number of ether oxygens (including phenoxy) is 1. The maximum atomic E-state index is 13.7. The number of benzene rings is 3. The van der Waals surface area contributed by atoms with E-state index in [0.717, 1.165) is 58.3 Å². The minimum Gasteiger partial charge on any atom is -0.469 e. The quantitative estimate of drug-likeness (QED) is 0.384. The van der Waals surface area contributed by atoms with Crippen LogP contribution in [0.15, 0.2) is 70.5 Å². The van der Waals surface area contributed by atoms with Crippen LogP contribution < -0.4 is 10.2 Å². The first-order valence-corrected chi connectivity index (χ1v) is 12.4. The largest absolute Gasteiger partial charge is 0.469 e. The number of hydrogen-bond acceptors (Lipinski definition) is 5. The van der Waals surface area contributed by atoms with Crippen molar-refractivity contribution in [1.82, 2.24) is 5.32 Å². The highest BCUT2D eigenvalue weighted by Crippen LogP contribution is 2.45. The van der Waals surface area contributed by atoms with Gasteiger partial charge in [-0.2, -0.15) is 0 Å². The summed E-state index contributed by atoms with van der Waals surface area (Å²) in [4.78, 5) is 15.8. The van der Waals surface area contributed by atoms with Gasteiger partial charge in [0, 0.05) is 13.1 Å². The van der Waals surface area contributed by atoms with Crippen LogP contribution in [0.1, 0.15) is 28.7 Å². The van der Waals surface area contributed by atoms with Crippen LogP contribution in [0.25, 0.3) is 0 Å². The van der Waals surface area contributed by atoms with Crippen molar-refractivity contribution < 1.29 is 13.7 Å². The molecule has 0 saturated heterocycles. The van der Waals surface area contributed by atoms with E-state index in [1.807, 2.05) is 36.4 Å². The summed E-state index contributed by atoms with van der Waals surface area (Å²) in [5, 5.41) is 3.52. The fourth-order valence-corrected chi connectivity index (χ4v) is 5.88. The molecule has 1 heterocycles. The molecule has 1 N–H and O–H groups in total. The van der Waals surface area contributed by atoms with Crippen LogP contribution in [0, 0.1) is 13.8 Å². The summed E-state index contributed by atoms with van der Waals surface area (Å²) >= 11 is 0. The smallest absolute Gasteiger partial charge is 0.310 e. The maximum Gasteiger partial charge on any atom is 0.310 e. The summed E-state index contributed by atoms with van der Waals surface area (Å²) in [6, 6.07) is 20.2. The summed E-state index contributed by atoms with van der Waals surface area (Å²) in [6.45, 7) is 6.66. The lowest BCUT2D eigenvalue weighted by atomic mass is 10.0. The molecule has 1 aliphatic heterocycles. The molecule has 0 spiro atoms. The number of fused-ring (bicyclic) bond motifs is 2. The van der Waals surface area contributed by atoms with Gasteiger partial charge in [0.1, 0.15) is 0 Å². The van der Waals surface area contributed by atoms with Crippen molar-refractivity contribution >= 4 is 28.1 Å². The summed E-state index contributed by atoms with van der Waals surface area (Å²) < 4.78 is 18.5. The number of esters is 1. The molecule has 5 nitrogen and oxygen atoms in total. The fourth-order valence-electron chi connectivity index (χ4n) is 4.28. The standard InChI is InChI=1S/C27H30N2O3S/c1-19-13-14-24-26(20(19)2)29(16-8-15-28-18-21-9-5-4-6-10-21)23-12-7-11-22(17-25(30)32-3)27(23)33(24)31/h4-7,9-14,28H,8,15-18H2,1-3H3. The van der Waals surface area contributed by atoms with Gasteiger partial charge in [-0.3, -0.25) is 4.79 Å². The lowest BCUT2D eigenvalue weighted by Crippen LogP contribution is -2.29. The second-order valence-electron chi connectivity index (χ2n) is 8.31. The summed E-state index contributed by atoms with van der Waals surface area (Å²) in [7, 11) is 0.0216. The number of methoxy groups -OCH3 is 1. The Morgan fingerprint density at radius 2 is 1.82 bits per heavy atom. The summed E-state index contributed by atoms with van der Waals surface area (Å²) in [5.74, 6) is -0.331. The lowest BCUT2D eigenvalue weighted by Gasteiger charge is -2.35. The molecule has 6 heteroatoms. The Hall–Kier alpha value is -2.96. The summed E-state index contributed by atoms with van der Waals surface area (Å²) in [5.41, 5.74) is 6.28. The first kappa shape index (κ1) is 23.2. The Kier molecular flexibility index (Phi) is 7.26. The van der Waals surface area contributed by atoms with Gasteiger partial charge in [0.05, 0.1) is 45.5 Å². The molecule has 0 bridgehead atoms. The average Bonchev–Trinajstić information content (AvgIpc) is 2.83. The molecule has 0 amide bonds. The molecule has 3 aromatic carbocycles. The molecule has 0 aliphatic carbocycles. The molecule has 33 heavy (non-hydrogen) atoms. The third-order valence-electron chi connectivity index (χ3n) is 6.16. The third kappa shape index (κ3) is 4.87. The van der Waals surface area contributed by atoms with Crippen molar-refractivity contribution in [3.05, 3.63) is 82.9 Å². The van der Waals surface area contributed by atoms with Gasteiger partial charge in [-0.15, -0.1) is 0 Å². The Morgan fingerprint density at radius 1 is 1.03 bits per heavy atom. The zero-order valence-corrected chi connectivity index (χ0v) is 20.2. The molecule has 4 rings (SSSR count). The molecule has 1 unspecified atom stereocenters. The molecule has 1 atom stereocenters. The number of carbonyl (C=O) groups excluding carboxylic acids is 1. The van der Waals surface area contributed by atoms with E-state index in [1.54, 1.807) is 0 Å². The first-order valence-electron chi connectivity index (χ1n) is 11.2. The van der Waals surface area contributed by atoms with Crippen LogP contribution in [0.2, 0.25) is 0 Å². The van der Waals surface area contributed by atoms with Gasteiger partial charge >= 0.3 is 5.97 Å². The molecular weight excluding hydrogens is 432 g/mol. The van der Waals surface area contributed by atoms with Crippen LogP contribution >= 0.6 is 0 Å². The van der Waals surface area contributed by atoms with E-state index >= 15 is 0 Å². The van der Waals surface area contributed by atoms with Crippen molar-refractivity contribution in [2.45, 2.75) is 43.0 Å². The van der Waals surface area contributed by atoms with Gasteiger partial charge < -0.3 is 15.0 Å². The van der Waals surface area contributed by atoms with Crippen LogP contribution in [0.4, 0.5) is 11.4 Å². The Labute approximate surface area is 198 Å².